The topological polar surface area (TPSA) is 114 Å². The van der Waals surface area contributed by atoms with E-state index in [9.17, 15) is 28.0 Å². The summed E-state index contributed by atoms with van der Waals surface area (Å²) in [5.41, 5.74) is -5.48. The lowest BCUT2D eigenvalue weighted by Gasteiger charge is -2.25. The molecule has 1 atom stereocenters. The highest BCUT2D eigenvalue weighted by Crippen LogP contribution is 2.22. The number of carbonyl (C=O) groups is 1. The number of methoxy groups -OCH3 is 1. The van der Waals surface area contributed by atoms with Crippen molar-refractivity contribution in [2.24, 2.45) is 0 Å². The molecule has 1 N–H and O–H groups in total. The Kier molecular flexibility index (Phi) is 8.93. The number of hydrogen-bond donors (Lipinski definition) is 1. The number of rotatable bonds is 8. The van der Waals surface area contributed by atoms with Crippen LogP contribution < -0.4 is 27.1 Å². The van der Waals surface area contributed by atoms with Crippen LogP contribution in [0.4, 0.5) is 18.0 Å². The van der Waals surface area contributed by atoms with Gasteiger partial charge < -0.3 is 14.8 Å². The molecule has 0 fully saturated rings. The Hall–Kier alpha value is -5.07. The highest BCUT2D eigenvalue weighted by atomic mass is 19.1. The minimum absolute atomic E-state index is 0.304. The van der Waals surface area contributed by atoms with Gasteiger partial charge in [-0.05, 0) is 50.6 Å². The molecule has 13 heteroatoms. The normalized spacial score (nSPS) is 12.1. The van der Waals surface area contributed by atoms with Crippen LogP contribution in [0.25, 0.3) is 5.69 Å². The molecule has 4 rings (SSSR count). The average molecular weight is 599 g/mol. The van der Waals surface area contributed by atoms with Gasteiger partial charge in [-0.1, -0.05) is 42.5 Å². The first-order valence-corrected chi connectivity index (χ1v) is 13.1. The van der Waals surface area contributed by atoms with Crippen LogP contribution in [0, 0.1) is 17.5 Å². The van der Waals surface area contributed by atoms with Gasteiger partial charge in [-0.2, -0.15) is 0 Å². The second-order valence-electron chi connectivity index (χ2n) is 10.5. The molecule has 0 aliphatic rings. The first-order chi connectivity index (χ1) is 20.3. The SMILES string of the molecule is COc1cccc(-n2c(=O)n(Cc3c(F)cccc3F)c(=O)n(C[C@H](NC(=O)OC(C)(C)C)c3ccccc3)c2=O)c1F. The van der Waals surface area contributed by atoms with Crippen LogP contribution in [0.15, 0.2) is 81.1 Å². The maximum atomic E-state index is 15.4. The van der Waals surface area contributed by atoms with Gasteiger partial charge in [0.1, 0.15) is 17.2 Å². The number of aromatic nitrogens is 3. The summed E-state index contributed by atoms with van der Waals surface area (Å²) in [4.78, 5) is 53.9. The van der Waals surface area contributed by atoms with Crippen LogP contribution in [-0.2, 0) is 17.8 Å². The summed E-state index contributed by atoms with van der Waals surface area (Å²) in [5.74, 6) is -3.49. The summed E-state index contributed by atoms with van der Waals surface area (Å²) in [6.45, 7) is 3.46. The first-order valence-electron chi connectivity index (χ1n) is 13.1. The zero-order valence-electron chi connectivity index (χ0n) is 23.8. The molecule has 1 heterocycles. The van der Waals surface area contributed by atoms with Crippen LogP contribution in [0.2, 0.25) is 0 Å². The molecule has 0 spiro atoms. The Morgan fingerprint density at radius 1 is 0.837 bits per heavy atom. The van der Waals surface area contributed by atoms with Crippen LogP contribution in [0.1, 0.15) is 37.9 Å². The van der Waals surface area contributed by atoms with Crippen molar-refractivity contribution in [3.05, 3.63) is 127 Å². The molecule has 10 nitrogen and oxygen atoms in total. The molecule has 226 valence electrons. The zero-order valence-corrected chi connectivity index (χ0v) is 23.8. The maximum Gasteiger partial charge on any atom is 0.408 e. The fourth-order valence-electron chi connectivity index (χ4n) is 4.35. The number of ether oxygens (including phenoxy) is 2. The van der Waals surface area contributed by atoms with E-state index in [1.165, 1.54) is 19.2 Å². The minimum Gasteiger partial charge on any atom is -0.494 e. The van der Waals surface area contributed by atoms with Crippen molar-refractivity contribution in [1.82, 2.24) is 19.0 Å². The van der Waals surface area contributed by atoms with E-state index >= 15 is 4.39 Å². The molecule has 0 aliphatic carbocycles. The van der Waals surface area contributed by atoms with Crippen molar-refractivity contribution in [3.63, 3.8) is 0 Å². The van der Waals surface area contributed by atoms with E-state index in [0.717, 1.165) is 24.3 Å². The lowest BCUT2D eigenvalue weighted by Crippen LogP contribution is -2.55. The molecule has 0 aliphatic heterocycles. The molecular formula is C30H29F3N4O6. The molecule has 43 heavy (non-hydrogen) atoms. The average Bonchev–Trinajstić information content (AvgIpc) is 2.94. The Morgan fingerprint density at radius 3 is 2.05 bits per heavy atom. The summed E-state index contributed by atoms with van der Waals surface area (Å²) < 4.78 is 56.3. The van der Waals surface area contributed by atoms with Gasteiger partial charge in [0.15, 0.2) is 11.6 Å². The predicted molar refractivity (Wildman–Crippen MR) is 151 cm³/mol. The van der Waals surface area contributed by atoms with Crippen LogP contribution in [0.5, 0.6) is 5.75 Å². The van der Waals surface area contributed by atoms with Crippen molar-refractivity contribution < 1.29 is 27.4 Å². The molecule has 1 amide bonds. The van der Waals surface area contributed by atoms with Crippen molar-refractivity contribution >= 4 is 6.09 Å². The molecule has 3 aromatic carbocycles. The molecule has 0 bridgehead atoms. The van der Waals surface area contributed by atoms with Crippen molar-refractivity contribution in [3.8, 4) is 11.4 Å². The van der Waals surface area contributed by atoms with E-state index in [1.807, 2.05) is 0 Å². The second-order valence-corrected chi connectivity index (χ2v) is 10.5. The number of nitrogens with one attached hydrogen (secondary N) is 1. The third kappa shape index (κ3) is 6.71. The zero-order chi connectivity index (χ0) is 31.5. The van der Waals surface area contributed by atoms with E-state index < -0.39 is 76.6 Å². The summed E-state index contributed by atoms with van der Waals surface area (Å²) in [6, 6.07) is 13.9. The number of halogens is 3. The van der Waals surface area contributed by atoms with Crippen molar-refractivity contribution in [2.75, 3.05) is 7.11 Å². The number of hydrogen-bond acceptors (Lipinski definition) is 6. The lowest BCUT2D eigenvalue weighted by molar-refractivity contribution is 0.0497. The van der Waals surface area contributed by atoms with Crippen molar-refractivity contribution in [1.29, 1.82) is 0 Å². The number of benzene rings is 3. The van der Waals surface area contributed by atoms with E-state index in [0.29, 0.717) is 19.3 Å². The Morgan fingerprint density at radius 2 is 1.44 bits per heavy atom. The predicted octanol–water partition coefficient (Wildman–Crippen LogP) is 3.90. The highest BCUT2D eigenvalue weighted by Gasteiger charge is 2.26. The summed E-state index contributed by atoms with van der Waals surface area (Å²) in [6.07, 6.45) is -0.865. The third-order valence-electron chi connectivity index (χ3n) is 6.35. The quantitative estimate of drug-likeness (QED) is 0.329. The van der Waals surface area contributed by atoms with Crippen molar-refractivity contribution in [2.45, 2.75) is 45.5 Å². The molecule has 0 radical (unpaired) electrons. The minimum atomic E-state index is -1.35. The number of amides is 1. The second kappa shape index (κ2) is 12.4. The van der Waals surface area contributed by atoms with E-state index in [1.54, 1.807) is 51.1 Å². The van der Waals surface area contributed by atoms with Gasteiger partial charge in [-0.15, -0.1) is 0 Å². The molecule has 0 saturated carbocycles. The Labute approximate surface area is 243 Å². The van der Waals surface area contributed by atoms with E-state index in [-0.39, 0.29) is 5.75 Å². The number of alkyl carbamates (subject to hydrolysis) is 1. The standard InChI is InChI=1S/C30H29F3N4O6/c1-30(2,3)43-26(38)34-22(18-10-6-5-7-11-18)17-36-27(39)35(16-19-20(31)12-8-13-21(19)32)28(40)37(29(36)41)23-14-9-15-24(42-4)25(23)33/h5-15,22H,16-17H2,1-4H3,(H,34,38)/t22-/m0/s1. The number of nitrogens with zero attached hydrogens (tertiary/aromatic N) is 3. The van der Waals surface area contributed by atoms with Gasteiger partial charge in [-0.3, -0.25) is 0 Å². The summed E-state index contributed by atoms with van der Waals surface area (Å²) in [5, 5.41) is 2.61. The summed E-state index contributed by atoms with van der Waals surface area (Å²) >= 11 is 0. The Bertz CT molecular complexity index is 1810. The molecule has 4 aromatic rings. The van der Waals surface area contributed by atoms with E-state index in [2.05, 4.69) is 5.32 Å². The van der Waals surface area contributed by atoms with Gasteiger partial charge >= 0.3 is 23.2 Å². The maximum absolute atomic E-state index is 15.4. The largest absolute Gasteiger partial charge is 0.494 e. The molecule has 1 aromatic heterocycles. The Balaban J connectivity index is 1.96. The molecule has 0 unspecified atom stereocenters. The fourth-order valence-corrected chi connectivity index (χ4v) is 4.35. The van der Waals surface area contributed by atoms with Gasteiger partial charge in [0.2, 0.25) is 0 Å². The van der Waals surface area contributed by atoms with Crippen LogP contribution in [-0.4, -0.2) is 32.5 Å². The third-order valence-corrected chi connectivity index (χ3v) is 6.35. The molecular weight excluding hydrogens is 569 g/mol. The molecule has 0 saturated heterocycles. The van der Waals surface area contributed by atoms with Gasteiger partial charge in [-0.25, -0.2) is 46.1 Å². The van der Waals surface area contributed by atoms with E-state index in [4.69, 9.17) is 9.47 Å². The fraction of sp³-hybridized carbons (Fsp3) is 0.267. The summed E-state index contributed by atoms with van der Waals surface area (Å²) in [7, 11) is 1.18. The van der Waals surface area contributed by atoms with Gasteiger partial charge in [0, 0.05) is 5.56 Å². The number of carbonyl (C=O) groups excluding carboxylic acids is 1. The smallest absolute Gasteiger partial charge is 0.408 e. The first kappa shape index (κ1) is 30.9. The highest BCUT2D eigenvalue weighted by molar-refractivity contribution is 5.68. The monoisotopic (exact) mass is 598 g/mol. The van der Waals surface area contributed by atoms with Gasteiger partial charge in [0.25, 0.3) is 0 Å². The van der Waals surface area contributed by atoms with Crippen LogP contribution >= 0.6 is 0 Å². The van der Waals surface area contributed by atoms with Crippen LogP contribution in [0.3, 0.4) is 0 Å². The van der Waals surface area contributed by atoms with Gasteiger partial charge in [0.05, 0.1) is 31.9 Å². The lowest BCUT2D eigenvalue weighted by atomic mass is 10.1.